The van der Waals surface area contributed by atoms with Gasteiger partial charge >= 0.3 is 0 Å². The molecule has 0 bridgehead atoms. The number of methoxy groups -OCH3 is 1. The van der Waals surface area contributed by atoms with E-state index >= 15 is 0 Å². The molecule has 0 atom stereocenters. The molecule has 0 saturated carbocycles. The number of aryl methyl sites for hydroxylation is 1. The van der Waals surface area contributed by atoms with E-state index in [0.717, 1.165) is 51.3 Å². The Morgan fingerprint density at radius 1 is 1.27 bits per heavy atom. The zero-order chi connectivity index (χ0) is 15.9. The fourth-order valence-corrected chi connectivity index (χ4v) is 2.82. The number of phenolic OH excluding ortho intramolecular Hbond substituents is 1. The van der Waals surface area contributed by atoms with Crippen LogP contribution in [0.25, 0.3) is 0 Å². The summed E-state index contributed by atoms with van der Waals surface area (Å²) in [6, 6.07) is 4.05. The maximum absolute atomic E-state index is 10.2. The first-order chi connectivity index (χ1) is 10.6. The Hall–Kier alpha value is -1.30. The third-order valence-electron chi connectivity index (χ3n) is 3.96. The number of ether oxygens (including phenoxy) is 2. The molecule has 1 aliphatic heterocycles. The molecule has 0 aliphatic carbocycles. The molecule has 0 unspecified atom stereocenters. The van der Waals surface area contributed by atoms with Gasteiger partial charge in [-0.2, -0.15) is 0 Å². The van der Waals surface area contributed by atoms with Crippen molar-refractivity contribution in [2.75, 3.05) is 54.1 Å². The molecule has 1 saturated heterocycles. The Balaban J connectivity index is 1.96. The van der Waals surface area contributed by atoms with Crippen LogP contribution in [-0.2, 0) is 17.7 Å². The second-order valence-corrected chi connectivity index (χ2v) is 6.10. The molecule has 5 heteroatoms. The Bertz CT molecular complexity index is 471. The molecule has 0 spiro atoms. The van der Waals surface area contributed by atoms with Crippen LogP contribution >= 0.6 is 0 Å². The van der Waals surface area contributed by atoms with E-state index in [9.17, 15) is 5.11 Å². The molecule has 0 aromatic heterocycles. The van der Waals surface area contributed by atoms with Gasteiger partial charge in [-0.05, 0) is 45.1 Å². The Kier molecular flexibility index (Phi) is 6.49. The van der Waals surface area contributed by atoms with Gasteiger partial charge in [-0.15, -0.1) is 0 Å². The van der Waals surface area contributed by atoms with Crippen LogP contribution in [-0.4, -0.2) is 69.0 Å². The normalized spacial score (nSPS) is 16.2. The van der Waals surface area contributed by atoms with E-state index in [1.165, 1.54) is 5.56 Å². The number of hydrogen-bond acceptors (Lipinski definition) is 5. The molecular formula is C17H28N2O3. The second kappa shape index (κ2) is 8.36. The molecular weight excluding hydrogens is 280 g/mol. The summed E-state index contributed by atoms with van der Waals surface area (Å²) in [6.07, 6.45) is 2.10. The van der Waals surface area contributed by atoms with Gasteiger partial charge in [0.2, 0.25) is 0 Å². The summed E-state index contributed by atoms with van der Waals surface area (Å²) in [6.45, 7) is 5.56. The molecule has 2 rings (SSSR count). The Morgan fingerprint density at radius 3 is 2.64 bits per heavy atom. The van der Waals surface area contributed by atoms with Gasteiger partial charge < -0.3 is 19.5 Å². The van der Waals surface area contributed by atoms with Crippen LogP contribution in [0.5, 0.6) is 11.5 Å². The van der Waals surface area contributed by atoms with Gasteiger partial charge in [-0.25, -0.2) is 0 Å². The largest absolute Gasteiger partial charge is 0.504 e. The van der Waals surface area contributed by atoms with Crippen molar-refractivity contribution in [2.24, 2.45) is 0 Å². The minimum Gasteiger partial charge on any atom is -0.504 e. The standard InChI is InChI=1S/C17H28N2O3/c1-18(2)13-15-11-14(12-16(21-3)17(15)20)5-4-6-19-7-9-22-10-8-19/h11-12,20H,4-10,13H2,1-3H3. The van der Waals surface area contributed by atoms with Crippen LogP contribution in [0.2, 0.25) is 0 Å². The lowest BCUT2D eigenvalue weighted by molar-refractivity contribution is 0.0374. The number of rotatable bonds is 7. The van der Waals surface area contributed by atoms with Gasteiger partial charge in [0.15, 0.2) is 11.5 Å². The molecule has 22 heavy (non-hydrogen) atoms. The molecule has 1 heterocycles. The Morgan fingerprint density at radius 2 is 2.00 bits per heavy atom. The van der Waals surface area contributed by atoms with Crippen molar-refractivity contribution < 1.29 is 14.6 Å². The van der Waals surface area contributed by atoms with Gasteiger partial charge in [0, 0.05) is 25.2 Å². The van der Waals surface area contributed by atoms with Crippen molar-refractivity contribution >= 4 is 0 Å². The predicted octanol–water partition coefficient (Wildman–Crippen LogP) is 1.73. The van der Waals surface area contributed by atoms with Crippen molar-refractivity contribution in [1.82, 2.24) is 9.80 Å². The molecule has 5 nitrogen and oxygen atoms in total. The van der Waals surface area contributed by atoms with Crippen molar-refractivity contribution in [3.63, 3.8) is 0 Å². The van der Waals surface area contributed by atoms with Crippen molar-refractivity contribution in [3.8, 4) is 11.5 Å². The van der Waals surface area contributed by atoms with E-state index in [0.29, 0.717) is 12.3 Å². The first-order valence-corrected chi connectivity index (χ1v) is 7.93. The number of nitrogens with zero attached hydrogens (tertiary/aromatic N) is 2. The summed E-state index contributed by atoms with van der Waals surface area (Å²) in [7, 11) is 5.60. The first kappa shape index (κ1) is 17.1. The minimum atomic E-state index is 0.258. The van der Waals surface area contributed by atoms with Gasteiger partial charge in [0.05, 0.1) is 20.3 Å². The van der Waals surface area contributed by atoms with Gasteiger partial charge in [0.25, 0.3) is 0 Å². The van der Waals surface area contributed by atoms with Crippen molar-refractivity contribution in [3.05, 3.63) is 23.3 Å². The highest BCUT2D eigenvalue weighted by Crippen LogP contribution is 2.32. The zero-order valence-electron chi connectivity index (χ0n) is 14.0. The van der Waals surface area contributed by atoms with Crippen LogP contribution < -0.4 is 4.74 Å². The summed E-state index contributed by atoms with van der Waals surface area (Å²) >= 11 is 0. The van der Waals surface area contributed by atoms with Crippen molar-refractivity contribution in [2.45, 2.75) is 19.4 Å². The van der Waals surface area contributed by atoms with Crippen LogP contribution in [0.3, 0.4) is 0 Å². The van der Waals surface area contributed by atoms with E-state index in [1.807, 2.05) is 25.1 Å². The summed E-state index contributed by atoms with van der Waals surface area (Å²) < 4.78 is 10.7. The molecule has 1 aromatic rings. The number of hydrogen-bond donors (Lipinski definition) is 1. The van der Waals surface area contributed by atoms with Crippen LogP contribution in [0.4, 0.5) is 0 Å². The molecule has 1 aliphatic rings. The number of aromatic hydroxyl groups is 1. The van der Waals surface area contributed by atoms with Crippen LogP contribution in [0, 0.1) is 0 Å². The average Bonchev–Trinajstić information content (AvgIpc) is 2.50. The summed E-state index contributed by atoms with van der Waals surface area (Å²) in [5, 5.41) is 10.2. The highest BCUT2D eigenvalue weighted by atomic mass is 16.5. The van der Waals surface area contributed by atoms with E-state index in [2.05, 4.69) is 11.0 Å². The smallest absolute Gasteiger partial charge is 0.162 e. The fraction of sp³-hybridized carbons (Fsp3) is 0.647. The van der Waals surface area contributed by atoms with E-state index < -0.39 is 0 Å². The third-order valence-corrected chi connectivity index (χ3v) is 3.96. The summed E-state index contributed by atoms with van der Waals surface area (Å²) in [5.74, 6) is 0.828. The lowest BCUT2D eigenvalue weighted by atomic mass is 10.0. The fourth-order valence-electron chi connectivity index (χ4n) is 2.82. The van der Waals surface area contributed by atoms with E-state index in [4.69, 9.17) is 9.47 Å². The van der Waals surface area contributed by atoms with Crippen LogP contribution in [0.1, 0.15) is 17.5 Å². The summed E-state index contributed by atoms with van der Waals surface area (Å²) in [4.78, 5) is 4.49. The summed E-state index contributed by atoms with van der Waals surface area (Å²) in [5.41, 5.74) is 2.14. The molecule has 0 radical (unpaired) electrons. The zero-order valence-corrected chi connectivity index (χ0v) is 14.0. The van der Waals surface area contributed by atoms with E-state index in [1.54, 1.807) is 7.11 Å². The molecule has 124 valence electrons. The topological polar surface area (TPSA) is 45.2 Å². The monoisotopic (exact) mass is 308 g/mol. The number of phenols is 1. The Labute approximate surface area is 133 Å². The predicted molar refractivity (Wildman–Crippen MR) is 87.6 cm³/mol. The average molecular weight is 308 g/mol. The lowest BCUT2D eigenvalue weighted by Gasteiger charge is -2.26. The number of morpholine rings is 1. The molecule has 1 aromatic carbocycles. The van der Waals surface area contributed by atoms with Gasteiger partial charge in [-0.3, -0.25) is 4.90 Å². The van der Waals surface area contributed by atoms with Gasteiger partial charge in [0.1, 0.15) is 0 Å². The van der Waals surface area contributed by atoms with Crippen molar-refractivity contribution in [1.29, 1.82) is 0 Å². The molecule has 1 N–H and O–H groups in total. The third kappa shape index (κ3) is 4.87. The highest BCUT2D eigenvalue weighted by molar-refractivity contribution is 5.48. The van der Waals surface area contributed by atoms with E-state index in [-0.39, 0.29) is 5.75 Å². The quantitative estimate of drug-likeness (QED) is 0.831. The van der Waals surface area contributed by atoms with Crippen LogP contribution in [0.15, 0.2) is 12.1 Å². The maximum atomic E-state index is 10.2. The molecule has 1 fully saturated rings. The first-order valence-electron chi connectivity index (χ1n) is 7.93. The SMILES string of the molecule is COc1cc(CCCN2CCOCC2)cc(CN(C)C)c1O. The second-order valence-electron chi connectivity index (χ2n) is 6.10. The van der Waals surface area contributed by atoms with Gasteiger partial charge in [-0.1, -0.05) is 6.07 Å². The highest BCUT2D eigenvalue weighted by Gasteiger charge is 2.13. The number of benzene rings is 1. The molecule has 0 amide bonds. The minimum absolute atomic E-state index is 0.258. The lowest BCUT2D eigenvalue weighted by Crippen LogP contribution is -2.36. The maximum Gasteiger partial charge on any atom is 0.162 e.